The highest BCUT2D eigenvalue weighted by Crippen LogP contribution is 2.22. The fourth-order valence-electron chi connectivity index (χ4n) is 1.38. The number of rotatable bonds is 4. The second-order valence-corrected chi connectivity index (χ2v) is 8.58. The topological polar surface area (TPSA) is 119 Å². The molecular formula is C10H11N3O4S3. The van der Waals surface area contributed by atoms with E-state index in [0.717, 1.165) is 11.3 Å². The van der Waals surface area contributed by atoms with Crippen LogP contribution in [0, 0.1) is 6.92 Å². The zero-order valence-electron chi connectivity index (χ0n) is 10.3. The molecule has 0 saturated carbocycles. The standard InChI is InChI=1S/C10H11N3O4S3/c1-7-12-6-10(18-7)20(16,17)13-8-2-4-9(5-3-8)19(11,14)15/h2-6,13H,1H3,(H2,11,14,15). The zero-order chi connectivity index (χ0) is 15.0. The maximum atomic E-state index is 12.0. The van der Waals surface area contributed by atoms with E-state index in [0.29, 0.717) is 5.01 Å². The first kappa shape index (κ1) is 14.9. The summed E-state index contributed by atoms with van der Waals surface area (Å²) < 4.78 is 48.6. The van der Waals surface area contributed by atoms with Crippen LogP contribution < -0.4 is 9.86 Å². The number of anilines is 1. The lowest BCUT2D eigenvalue weighted by Crippen LogP contribution is -2.13. The highest BCUT2D eigenvalue weighted by molar-refractivity contribution is 7.94. The molecule has 0 atom stereocenters. The molecule has 1 aromatic carbocycles. The SMILES string of the molecule is Cc1ncc(S(=O)(=O)Nc2ccc(S(N)(=O)=O)cc2)s1. The van der Waals surface area contributed by atoms with E-state index in [1.165, 1.54) is 30.5 Å². The highest BCUT2D eigenvalue weighted by atomic mass is 32.2. The predicted octanol–water partition coefficient (Wildman–Crippen LogP) is 0.900. The van der Waals surface area contributed by atoms with Gasteiger partial charge in [0.2, 0.25) is 10.0 Å². The number of nitrogens with two attached hydrogens (primary N) is 1. The number of benzene rings is 1. The molecule has 2 rings (SSSR count). The first-order chi connectivity index (χ1) is 9.18. The minimum Gasteiger partial charge on any atom is -0.279 e. The van der Waals surface area contributed by atoms with Crippen LogP contribution in [0.4, 0.5) is 5.69 Å². The van der Waals surface area contributed by atoms with Gasteiger partial charge in [-0.05, 0) is 31.2 Å². The van der Waals surface area contributed by atoms with E-state index < -0.39 is 20.0 Å². The van der Waals surface area contributed by atoms with Crippen LogP contribution in [0.25, 0.3) is 0 Å². The lowest BCUT2D eigenvalue weighted by molar-refractivity contribution is 0.597. The summed E-state index contributed by atoms with van der Waals surface area (Å²) in [6.45, 7) is 1.70. The highest BCUT2D eigenvalue weighted by Gasteiger charge is 2.17. The van der Waals surface area contributed by atoms with E-state index in [2.05, 4.69) is 9.71 Å². The quantitative estimate of drug-likeness (QED) is 0.861. The van der Waals surface area contributed by atoms with Crippen LogP contribution in [0.1, 0.15) is 5.01 Å². The molecule has 1 aromatic heterocycles. The summed E-state index contributed by atoms with van der Waals surface area (Å²) in [6, 6.07) is 5.10. The Hall–Kier alpha value is -1.49. The van der Waals surface area contributed by atoms with E-state index in [1.54, 1.807) is 6.92 Å². The number of hydrogen-bond acceptors (Lipinski definition) is 6. The van der Waals surface area contributed by atoms with Gasteiger partial charge in [-0.15, -0.1) is 11.3 Å². The Morgan fingerprint density at radius 3 is 2.20 bits per heavy atom. The van der Waals surface area contributed by atoms with Crippen molar-refractivity contribution in [3.8, 4) is 0 Å². The molecule has 0 spiro atoms. The molecule has 2 aromatic rings. The summed E-state index contributed by atoms with van der Waals surface area (Å²) >= 11 is 1.04. The Labute approximate surface area is 120 Å². The smallest absolute Gasteiger partial charge is 0.273 e. The van der Waals surface area contributed by atoms with Crippen LogP contribution in [0.15, 0.2) is 39.6 Å². The summed E-state index contributed by atoms with van der Waals surface area (Å²) in [4.78, 5) is 3.79. The van der Waals surface area contributed by atoms with Crippen LogP contribution in [0.5, 0.6) is 0 Å². The van der Waals surface area contributed by atoms with Crippen LogP contribution in [-0.4, -0.2) is 21.8 Å². The van der Waals surface area contributed by atoms with E-state index in [1.807, 2.05) is 0 Å². The van der Waals surface area contributed by atoms with Crippen molar-refractivity contribution < 1.29 is 16.8 Å². The van der Waals surface area contributed by atoms with Crippen LogP contribution in [0.2, 0.25) is 0 Å². The number of aryl methyl sites for hydroxylation is 1. The zero-order valence-corrected chi connectivity index (χ0v) is 12.7. The van der Waals surface area contributed by atoms with E-state index >= 15 is 0 Å². The number of nitrogens with one attached hydrogen (secondary N) is 1. The second kappa shape index (κ2) is 5.13. The second-order valence-electron chi connectivity index (χ2n) is 3.87. The minimum absolute atomic E-state index is 0.0884. The summed E-state index contributed by atoms with van der Waals surface area (Å²) in [5, 5.41) is 5.59. The Bertz CT molecular complexity index is 823. The summed E-state index contributed by atoms with van der Waals surface area (Å²) in [5.74, 6) is 0. The largest absolute Gasteiger partial charge is 0.279 e. The third kappa shape index (κ3) is 3.33. The molecule has 0 aliphatic rings. The van der Waals surface area contributed by atoms with Crippen molar-refractivity contribution in [3.05, 3.63) is 35.5 Å². The van der Waals surface area contributed by atoms with Gasteiger partial charge in [0, 0.05) is 5.69 Å². The Balaban J connectivity index is 2.26. The molecule has 3 N–H and O–H groups in total. The number of thiazole rings is 1. The molecule has 7 nitrogen and oxygen atoms in total. The third-order valence-electron chi connectivity index (χ3n) is 2.30. The van der Waals surface area contributed by atoms with E-state index in [9.17, 15) is 16.8 Å². The van der Waals surface area contributed by atoms with Gasteiger partial charge in [0.25, 0.3) is 10.0 Å². The minimum atomic E-state index is -3.80. The van der Waals surface area contributed by atoms with E-state index in [4.69, 9.17) is 5.14 Å². The maximum Gasteiger partial charge on any atom is 0.273 e. The molecule has 108 valence electrons. The fourth-order valence-corrected chi connectivity index (χ4v) is 4.07. The number of aromatic nitrogens is 1. The molecule has 0 radical (unpaired) electrons. The van der Waals surface area contributed by atoms with Gasteiger partial charge in [-0.1, -0.05) is 0 Å². The molecule has 0 saturated heterocycles. The summed E-state index contributed by atoms with van der Waals surface area (Å²) in [6.07, 6.45) is 1.26. The lowest BCUT2D eigenvalue weighted by Gasteiger charge is -2.06. The molecule has 0 aliphatic heterocycles. The van der Waals surface area contributed by atoms with Gasteiger partial charge in [-0.3, -0.25) is 4.72 Å². The van der Waals surface area contributed by atoms with Crippen LogP contribution >= 0.6 is 11.3 Å². The molecule has 0 aliphatic carbocycles. The van der Waals surface area contributed by atoms with Gasteiger partial charge in [-0.25, -0.2) is 27.0 Å². The molecule has 10 heteroatoms. The maximum absolute atomic E-state index is 12.0. The van der Waals surface area contributed by atoms with Crippen molar-refractivity contribution in [1.82, 2.24) is 4.98 Å². The average molecular weight is 333 g/mol. The van der Waals surface area contributed by atoms with Crippen LogP contribution in [-0.2, 0) is 20.0 Å². The molecule has 0 amide bonds. The molecule has 0 fully saturated rings. The van der Waals surface area contributed by atoms with Crippen molar-refractivity contribution >= 4 is 37.1 Å². The number of hydrogen-bond donors (Lipinski definition) is 2. The molecular weight excluding hydrogens is 322 g/mol. The molecule has 20 heavy (non-hydrogen) atoms. The van der Waals surface area contributed by atoms with Gasteiger partial charge >= 0.3 is 0 Å². The molecule has 1 heterocycles. The monoisotopic (exact) mass is 333 g/mol. The van der Waals surface area contributed by atoms with Gasteiger partial charge in [-0.2, -0.15) is 0 Å². The fraction of sp³-hybridized carbons (Fsp3) is 0.100. The summed E-state index contributed by atoms with van der Waals surface area (Å²) in [5.41, 5.74) is 0.239. The Morgan fingerprint density at radius 1 is 1.15 bits per heavy atom. The molecule has 0 bridgehead atoms. The van der Waals surface area contributed by atoms with Crippen molar-refractivity contribution in [2.45, 2.75) is 16.0 Å². The predicted molar refractivity (Wildman–Crippen MR) is 75.5 cm³/mol. The van der Waals surface area contributed by atoms with E-state index in [-0.39, 0.29) is 14.8 Å². The van der Waals surface area contributed by atoms with Crippen molar-refractivity contribution in [2.24, 2.45) is 5.14 Å². The summed E-state index contributed by atoms with van der Waals surface area (Å²) in [7, 11) is -7.51. The van der Waals surface area contributed by atoms with Crippen molar-refractivity contribution in [2.75, 3.05) is 4.72 Å². The Kier molecular flexibility index (Phi) is 3.82. The molecule has 0 unspecified atom stereocenters. The van der Waals surface area contributed by atoms with Crippen molar-refractivity contribution in [1.29, 1.82) is 0 Å². The first-order valence-electron chi connectivity index (χ1n) is 5.26. The number of primary sulfonamides is 1. The normalized spacial score (nSPS) is 12.3. The third-order valence-corrected chi connectivity index (χ3v) is 5.98. The van der Waals surface area contributed by atoms with Crippen molar-refractivity contribution in [3.63, 3.8) is 0 Å². The Morgan fingerprint density at radius 2 is 1.75 bits per heavy atom. The van der Waals surface area contributed by atoms with Gasteiger partial charge in [0.1, 0.15) is 0 Å². The first-order valence-corrected chi connectivity index (χ1v) is 9.11. The average Bonchev–Trinajstić information content (AvgIpc) is 2.76. The van der Waals surface area contributed by atoms with Gasteiger partial charge < -0.3 is 0 Å². The van der Waals surface area contributed by atoms with Gasteiger partial charge in [0.05, 0.1) is 16.1 Å². The van der Waals surface area contributed by atoms with Gasteiger partial charge in [0.15, 0.2) is 4.21 Å². The lowest BCUT2D eigenvalue weighted by atomic mass is 10.3. The number of nitrogens with zero attached hydrogens (tertiary/aromatic N) is 1. The number of sulfonamides is 2. The van der Waals surface area contributed by atoms with Crippen LogP contribution in [0.3, 0.4) is 0 Å².